The van der Waals surface area contributed by atoms with Gasteiger partial charge in [-0.1, -0.05) is 18.2 Å². The summed E-state index contributed by atoms with van der Waals surface area (Å²) in [5.74, 6) is 0.667. The molecular weight excluding hydrogens is 314 g/mol. The van der Waals surface area contributed by atoms with Gasteiger partial charge in [0.15, 0.2) is 0 Å². The molecule has 0 atom stereocenters. The number of rotatable bonds is 6. The van der Waals surface area contributed by atoms with E-state index in [1.165, 1.54) is 30.0 Å². The van der Waals surface area contributed by atoms with Crippen molar-refractivity contribution >= 4 is 29.0 Å². The number of nitro groups is 1. The van der Waals surface area contributed by atoms with E-state index in [0.29, 0.717) is 17.0 Å². The maximum Gasteiger partial charge on any atom is 0.271 e. The van der Waals surface area contributed by atoms with Crippen molar-refractivity contribution in [2.24, 2.45) is 0 Å². The van der Waals surface area contributed by atoms with Crippen molar-refractivity contribution in [3.8, 4) is 6.07 Å². The molecule has 0 saturated heterocycles. The molecule has 0 fully saturated rings. The minimum Gasteiger partial charge on any atom is -0.325 e. The first-order chi connectivity index (χ1) is 11.1. The fourth-order valence-electron chi connectivity index (χ4n) is 1.83. The van der Waals surface area contributed by atoms with Crippen LogP contribution in [0.15, 0.2) is 48.5 Å². The first kappa shape index (κ1) is 16.5. The van der Waals surface area contributed by atoms with Crippen molar-refractivity contribution in [2.45, 2.75) is 5.75 Å². The second-order valence-electron chi connectivity index (χ2n) is 4.66. The molecule has 0 heterocycles. The van der Waals surface area contributed by atoms with Crippen LogP contribution >= 0.6 is 11.8 Å². The van der Waals surface area contributed by atoms with E-state index in [9.17, 15) is 14.9 Å². The summed E-state index contributed by atoms with van der Waals surface area (Å²) >= 11 is 1.43. The van der Waals surface area contributed by atoms with Gasteiger partial charge in [0.1, 0.15) is 0 Å². The van der Waals surface area contributed by atoms with Gasteiger partial charge in [-0.15, -0.1) is 11.8 Å². The van der Waals surface area contributed by atoms with E-state index in [1.807, 2.05) is 18.2 Å². The maximum atomic E-state index is 11.8. The molecule has 0 bridgehead atoms. The maximum absolute atomic E-state index is 11.8. The lowest BCUT2D eigenvalue weighted by atomic mass is 10.2. The third-order valence-electron chi connectivity index (χ3n) is 2.93. The molecule has 0 aliphatic carbocycles. The quantitative estimate of drug-likeness (QED) is 0.648. The molecule has 0 radical (unpaired) electrons. The van der Waals surface area contributed by atoms with E-state index in [4.69, 9.17) is 5.26 Å². The summed E-state index contributed by atoms with van der Waals surface area (Å²) in [6, 6.07) is 15.0. The molecule has 0 unspecified atom stereocenters. The molecule has 0 spiro atoms. The number of nitriles is 1. The normalized spacial score (nSPS) is 9.87. The Bertz CT molecular complexity index is 754. The van der Waals surface area contributed by atoms with E-state index < -0.39 is 4.92 Å². The number of amides is 1. The van der Waals surface area contributed by atoms with Crippen LogP contribution in [0.1, 0.15) is 11.1 Å². The SMILES string of the molecule is N#Cc1ccc(CSCC(=O)Nc2cccc([N+](=O)[O-])c2)cc1. The molecule has 0 aromatic heterocycles. The third-order valence-corrected chi connectivity index (χ3v) is 3.93. The van der Waals surface area contributed by atoms with Crippen LogP contribution in [0.2, 0.25) is 0 Å². The molecule has 1 N–H and O–H groups in total. The van der Waals surface area contributed by atoms with Crippen LogP contribution in [0.25, 0.3) is 0 Å². The second-order valence-corrected chi connectivity index (χ2v) is 5.64. The van der Waals surface area contributed by atoms with Gasteiger partial charge in [0.05, 0.1) is 22.3 Å². The summed E-state index contributed by atoms with van der Waals surface area (Å²) in [6.45, 7) is 0. The molecule has 2 aromatic carbocycles. The standard InChI is InChI=1S/C16H13N3O3S/c17-9-12-4-6-13(7-5-12)10-23-11-16(20)18-14-2-1-3-15(8-14)19(21)22/h1-8H,10-11H2,(H,18,20). The number of nitro benzene ring substituents is 1. The molecule has 7 heteroatoms. The van der Waals surface area contributed by atoms with Gasteiger partial charge in [0, 0.05) is 23.6 Å². The first-order valence-corrected chi connectivity index (χ1v) is 7.85. The Morgan fingerprint density at radius 2 is 2.00 bits per heavy atom. The van der Waals surface area contributed by atoms with Gasteiger partial charge in [0.25, 0.3) is 5.69 Å². The van der Waals surface area contributed by atoms with Crippen LogP contribution < -0.4 is 5.32 Å². The summed E-state index contributed by atoms with van der Waals surface area (Å²) in [5, 5.41) is 22.0. The number of nitrogens with zero attached hydrogens (tertiary/aromatic N) is 2. The Morgan fingerprint density at radius 1 is 1.26 bits per heavy atom. The molecule has 1 amide bonds. The van der Waals surface area contributed by atoms with Crippen molar-refractivity contribution in [3.63, 3.8) is 0 Å². The van der Waals surface area contributed by atoms with Crippen LogP contribution in [-0.2, 0) is 10.5 Å². The van der Waals surface area contributed by atoms with Gasteiger partial charge in [0.2, 0.25) is 5.91 Å². The zero-order chi connectivity index (χ0) is 16.7. The minimum absolute atomic E-state index is 0.0620. The molecule has 6 nitrogen and oxygen atoms in total. The number of nitrogens with one attached hydrogen (secondary N) is 1. The number of non-ortho nitro benzene ring substituents is 1. The lowest BCUT2D eigenvalue weighted by molar-refractivity contribution is -0.384. The van der Waals surface area contributed by atoms with Crippen molar-refractivity contribution < 1.29 is 9.72 Å². The van der Waals surface area contributed by atoms with E-state index in [1.54, 1.807) is 18.2 Å². The Hall–Kier alpha value is -2.85. The zero-order valence-corrected chi connectivity index (χ0v) is 12.9. The van der Waals surface area contributed by atoms with Gasteiger partial charge in [-0.25, -0.2) is 0 Å². The number of anilines is 1. The summed E-state index contributed by atoms with van der Waals surface area (Å²) < 4.78 is 0. The van der Waals surface area contributed by atoms with E-state index in [2.05, 4.69) is 5.32 Å². The molecule has 0 saturated carbocycles. The number of benzene rings is 2. The van der Waals surface area contributed by atoms with Gasteiger partial charge < -0.3 is 5.32 Å². The van der Waals surface area contributed by atoms with Crippen LogP contribution in [0, 0.1) is 21.4 Å². The highest BCUT2D eigenvalue weighted by molar-refractivity contribution is 7.99. The summed E-state index contributed by atoms with van der Waals surface area (Å²) in [5.41, 5.74) is 1.97. The third kappa shape index (κ3) is 5.13. The Kier molecular flexibility index (Phi) is 5.72. The van der Waals surface area contributed by atoms with E-state index in [-0.39, 0.29) is 17.3 Å². The lowest BCUT2D eigenvalue weighted by Crippen LogP contribution is -2.14. The molecule has 2 aromatic rings. The van der Waals surface area contributed by atoms with Crippen molar-refractivity contribution in [3.05, 3.63) is 69.8 Å². The van der Waals surface area contributed by atoms with Crippen molar-refractivity contribution in [2.75, 3.05) is 11.1 Å². The Balaban J connectivity index is 1.82. The molecule has 2 rings (SSSR count). The molecule has 23 heavy (non-hydrogen) atoms. The highest BCUT2D eigenvalue weighted by Gasteiger charge is 2.08. The topological polar surface area (TPSA) is 96.0 Å². The number of hydrogen-bond acceptors (Lipinski definition) is 5. The van der Waals surface area contributed by atoms with Gasteiger partial charge in [-0.3, -0.25) is 14.9 Å². The fourth-order valence-corrected chi connectivity index (χ4v) is 2.62. The van der Waals surface area contributed by atoms with Gasteiger partial charge >= 0.3 is 0 Å². The Morgan fingerprint density at radius 3 is 2.65 bits per heavy atom. The monoisotopic (exact) mass is 327 g/mol. The van der Waals surface area contributed by atoms with Crippen LogP contribution in [-0.4, -0.2) is 16.6 Å². The number of hydrogen-bond donors (Lipinski definition) is 1. The largest absolute Gasteiger partial charge is 0.325 e. The van der Waals surface area contributed by atoms with E-state index >= 15 is 0 Å². The van der Waals surface area contributed by atoms with Crippen LogP contribution in [0.5, 0.6) is 0 Å². The minimum atomic E-state index is -0.505. The van der Waals surface area contributed by atoms with Crippen LogP contribution in [0.3, 0.4) is 0 Å². The predicted octanol–water partition coefficient (Wildman–Crippen LogP) is 3.34. The fraction of sp³-hybridized carbons (Fsp3) is 0.125. The molecule has 0 aliphatic rings. The predicted molar refractivity (Wildman–Crippen MR) is 89.0 cm³/mol. The summed E-state index contributed by atoms with van der Waals surface area (Å²) in [6.07, 6.45) is 0. The molecular formula is C16H13N3O3S. The average molecular weight is 327 g/mol. The highest BCUT2D eigenvalue weighted by Crippen LogP contribution is 2.18. The number of carbonyl (C=O) groups is 1. The average Bonchev–Trinajstić information content (AvgIpc) is 2.55. The van der Waals surface area contributed by atoms with Gasteiger partial charge in [-0.2, -0.15) is 5.26 Å². The van der Waals surface area contributed by atoms with Crippen LogP contribution in [0.4, 0.5) is 11.4 Å². The number of thioether (sulfide) groups is 1. The summed E-state index contributed by atoms with van der Waals surface area (Å²) in [7, 11) is 0. The van der Waals surface area contributed by atoms with Gasteiger partial charge in [-0.05, 0) is 23.8 Å². The smallest absolute Gasteiger partial charge is 0.271 e. The molecule has 116 valence electrons. The van der Waals surface area contributed by atoms with Crippen molar-refractivity contribution in [1.29, 1.82) is 5.26 Å². The highest BCUT2D eigenvalue weighted by atomic mass is 32.2. The van der Waals surface area contributed by atoms with E-state index in [0.717, 1.165) is 5.56 Å². The number of carbonyl (C=O) groups excluding carboxylic acids is 1. The first-order valence-electron chi connectivity index (χ1n) is 6.69. The Labute approximate surface area is 137 Å². The lowest BCUT2D eigenvalue weighted by Gasteiger charge is -2.05. The van der Waals surface area contributed by atoms with Crippen molar-refractivity contribution in [1.82, 2.24) is 0 Å². The summed E-state index contributed by atoms with van der Waals surface area (Å²) in [4.78, 5) is 22.0. The molecule has 0 aliphatic heterocycles. The second kappa shape index (κ2) is 7.96. The zero-order valence-electron chi connectivity index (χ0n) is 12.1.